The first-order valence-corrected chi connectivity index (χ1v) is 17.6. The first-order valence-electron chi connectivity index (χ1n) is 16.8. The molecule has 2 heterocycles. The van der Waals surface area contributed by atoms with E-state index in [1.807, 2.05) is 0 Å². The van der Waals surface area contributed by atoms with E-state index in [1.54, 1.807) is 33.8 Å². The van der Waals surface area contributed by atoms with Crippen LogP contribution in [0.5, 0.6) is 17.2 Å². The first kappa shape index (κ1) is 41.6. The maximum absolute atomic E-state index is 15.7. The number of aliphatic hydroxyl groups is 5. The number of methoxy groups -OCH3 is 1. The number of fused-ring (bicyclic) bond motifs is 2. The second kappa shape index (κ2) is 17.8. The number of aryl methyl sites for hydroxylation is 1. The van der Waals surface area contributed by atoms with Gasteiger partial charge in [-0.05, 0) is 44.9 Å². The molecule has 2 aromatic carbocycles. The molecule has 53 heavy (non-hydrogen) atoms. The minimum absolute atomic E-state index is 0.0262. The number of hydrogen-bond donors (Lipinski definition) is 5. The minimum atomic E-state index is -1.91. The summed E-state index contributed by atoms with van der Waals surface area (Å²) in [4.78, 5) is 39.1. The molecule has 5 N–H and O–H groups in total. The van der Waals surface area contributed by atoms with Crippen LogP contribution in [-0.4, -0.2) is 112 Å². The summed E-state index contributed by atoms with van der Waals surface area (Å²) in [5.41, 5.74) is 0.888. The summed E-state index contributed by atoms with van der Waals surface area (Å²) < 4.78 is 58.6. The molecular formula is C36H45F2NO13S. The number of carbonyl (C=O) groups excluding carboxylic acids is 3. The van der Waals surface area contributed by atoms with Gasteiger partial charge in [-0.25, -0.2) is 13.6 Å². The zero-order valence-corrected chi connectivity index (χ0v) is 30.8. The summed E-state index contributed by atoms with van der Waals surface area (Å²) in [6, 6.07) is 4.62. The predicted octanol–water partition coefficient (Wildman–Crippen LogP) is 3.54. The molecular weight excluding hydrogens is 724 g/mol. The van der Waals surface area contributed by atoms with Crippen LogP contribution < -0.4 is 14.2 Å². The maximum Gasteiger partial charge on any atom is 0.410 e. The Bertz CT molecular complexity index is 1790. The third-order valence-corrected chi connectivity index (χ3v) is 9.34. The number of ether oxygens (including phenoxy) is 5. The number of ketones is 1. The molecule has 0 radical (unpaired) electrons. The number of rotatable bonds is 17. The van der Waals surface area contributed by atoms with Crippen molar-refractivity contribution in [2.24, 2.45) is 0 Å². The van der Waals surface area contributed by atoms with Crippen LogP contribution >= 0.6 is 11.3 Å². The molecule has 0 aliphatic carbocycles. The summed E-state index contributed by atoms with van der Waals surface area (Å²) in [6.07, 6.45) is -8.31. The fraction of sp³-hybridized carbons (Fsp3) is 0.528. The van der Waals surface area contributed by atoms with Crippen molar-refractivity contribution >= 4 is 39.3 Å². The third kappa shape index (κ3) is 10.3. The van der Waals surface area contributed by atoms with Crippen LogP contribution in [0.4, 0.5) is 13.6 Å². The molecule has 1 amide bonds. The molecule has 0 spiro atoms. The molecule has 17 heteroatoms. The molecule has 1 aromatic heterocycles. The average molecular weight is 770 g/mol. The second-order valence-electron chi connectivity index (χ2n) is 13.5. The standard InChI is InChI=1S/C36H45F2NO13S/c1-18-11-19-14-39(35(47)52-36(2,3)4)15-21(19)30(38)33(18)49-9-6-10-50-34-25(48-5)13-26-20(29(34)37)12-27(53-26)22(41)7-8-28(44)51-17-24(43)32(46)31(45)23(42)16-40/h11-13,23-24,31-32,40,42-43,45-46H,6-10,14-17H2,1-5H3/t23-,24-,31-,32-/m1/s1. The number of halogens is 2. The quantitative estimate of drug-likeness (QED) is 0.0759. The molecule has 1 aliphatic heterocycles. The van der Waals surface area contributed by atoms with Gasteiger partial charge in [-0.3, -0.25) is 14.5 Å². The summed E-state index contributed by atoms with van der Waals surface area (Å²) >= 11 is 0.978. The van der Waals surface area contributed by atoms with Crippen molar-refractivity contribution in [2.75, 3.05) is 33.5 Å². The Hall–Kier alpha value is -4.13. The molecule has 0 saturated carbocycles. The first-order chi connectivity index (χ1) is 24.9. The van der Waals surface area contributed by atoms with Gasteiger partial charge in [0.1, 0.15) is 36.6 Å². The van der Waals surface area contributed by atoms with Crippen molar-refractivity contribution in [3.05, 3.63) is 51.4 Å². The van der Waals surface area contributed by atoms with Gasteiger partial charge in [0.15, 0.2) is 34.7 Å². The highest BCUT2D eigenvalue weighted by Crippen LogP contribution is 2.40. The summed E-state index contributed by atoms with van der Waals surface area (Å²) in [6.45, 7) is 5.62. The average Bonchev–Trinajstić information content (AvgIpc) is 3.75. The van der Waals surface area contributed by atoms with E-state index >= 15 is 8.78 Å². The van der Waals surface area contributed by atoms with Gasteiger partial charge in [-0.1, -0.05) is 6.07 Å². The number of esters is 1. The zero-order valence-electron chi connectivity index (χ0n) is 30.0. The lowest BCUT2D eigenvalue weighted by Gasteiger charge is -2.25. The molecule has 0 bridgehead atoms. The molecule has 292 valence electrons. The van der Waals surface area contributed by atoms with E-state index in [9.17, 15) is 34.8 Å². The Balaban J connectivity index is 1.30. The monoisotopic (exact) mass is 769 g/mol. The van der Waals surface area contributed by atoms with Crippen molar-refractivity contribution in [1.82, 2.24) is 4.90 Å². The van der Waals surface area contributed by atoms with E-state index in [4.69, 9.17) is 28.8 Å². The van der Waals surface area contributed by atoms with E-state index in [1.165, 1.54) is 24.1 Å². The van der Waals surface area contributed by atoms with Crippen LogP contribution in [0.3, 0.4) is 0 Å². The molecule has 14 nitrogen and oxygen atoms in total. The minimum Gasteiger partial charge on any atom is -0.493 e. The van der Waals surface area contributed by atoms with Crippen LogP contribution in [0, 0.1) is 18.6 Å². The molecule has 1 aliphatic rings. The van der Waals surface area contributed by atoms with Gasteiger partial charge in [0.25, 0.3) is 0 Å². The summed E-state index contributed by atoms with van der Waals surface area (Å²) in [7, 11) is 1.33. The zero-order chi connectivity index (χ0) is 39.2. The SMILES string of the molecule is COc1cc2sc(C(=O)CCC(=O)OC[C@@H](O)[C@@H](O)[C@H](O)[C@H](O)CO)cc2c(F)c1OCCCOc1c(C)cc2c(c1F)CN(C(=O)OC(C)(C)C)C2. The Kier molecular flexibility index (Phi) is 14.0. The van der Waals surface area contributed by atoms with Crippen molar-refractivity contribution in [1.29, 1.82) is 0 Å². The predicted molar refractivity (Wildman–Crippen MR) is 186 cm³/mol. The highest BCUT2D eigenvalue weighted by Gasteiger charge is 2.33. The molecule has 0 fully saturated rings. The van der Waals surface area contributed by atoms with Gasteiger partial charge in [-0.15, -0.1) is 11.3 Å². The number of Topliss-reactive ketones (excluding diaryl/α,β-unsaturated/α-hetero) is 1. The number of aliphatic hydroxyl groups excluding tert-OH is 5. The van der Waals surface area contributed by atoms with Crippen LogP contribution in [0.2, 0.25) is 0 Å². The van der Waals surface area contributed by atoms with Crippen molar-refractivity contribution in [3.8, 4) is 17.2 Å². The fourth-order valence-electron chi connectivity index (χ4n) is 5.44. The van der Waals surface area contributed by atoms with Gasteiger partial charge in [0, 0.05) is 41.1 Å². The van der Waals surface area contributed by atoms with Gasteiger partial charge >= 0.3 is 12.1 Å². The van der Waals surface area contributed by atoms with E-state index in [0.29, 0.717) is 21.4 Å². The van der Waals surface area contributed by atoms with Crippen molar-refractivity contribution < 1.29 is 72.4 Å². The molecule has 4 atom stereocenters. The number of amides is 1. The Labute approximate surface area is 308 Å². The number of benzene rings is 2. The van der Waals surface area contributed by atoms with Crippen molar-refractivity contribution in [3.63, 3.8) is 0 Å². The van der Waals surface area contributed by atoms with E-state index in [-0.39, 0.29) is 66.7 Å². The van der Waals surface area contributed by atoms with Crippen molar-refractivity contribution in [2.45, 2.75) is 90.1 Å². The summed E-state index contributed by atoms with van der Waals surface area (Å²) in [5.74, 6) is -2.78. The second-order valence-corrected chi connectivity index (χ2v) is 14.6. The molecule has 3 aromatic rings. The summed E-state index contributed by atoms with van der Waals surface area (Å²) in [5, 5.41) is 47.7. The maximum atomic E-state index is 15.7. The Morgan fingerprint density at radius 2 is 1.58 bits per heavy atom. The van der Waals surface area contributed by atoms with Crippen LogP contribution in [-0.2, 0) is 27.4 Å². The fourth-order valence-corrected chi connectivity index (χ4v) is 6.50. The van der Waals surface area contributed by atoms with Crippen LogP contribution in [0.1, 0.15) is 66.4 Å². The van der Waals surface area contributed by atoms with Gasteiger partial charge in [-0.2, -0.15) is 0 Å². The lowest BCUT2D eigenvalue weighted by atomic mass is 10.0. The number of carbonyl (C=O) groups is 3. The number of thiophene rings is 1. The largest absolute Gasteiger partial charge is 0.493 e. The molecule has 0 saturated heterocycles. The highest BCUT2D eigenvalue weighted by molar-refractivity contribution is 7.20. The van der Waals surface area contributed by atoms with E-state index < -0.39 is 79.1 Å². The Morgan fingerprint density at radius 1 is 0.925 bits per heavy atom. The number of nitrogens with zero attached hydrogens (tertiary/aromatic N) is 1. The highest BCUT2D eigenvalue weighted by atomic mass is 32.1. The molecule has 0 unspecified atom stereocenters. The lowest BCUT2D eigenvalue weighted by molar-refractivity contribution is -0.156. The van der Waals surface area contributed by atoms with E-state index in [2.05, 4.69) is 0 Å². The number of hydrogen-bond acceptors (Lipinski definition) is 14. The van der Waals surface area contributed by atoms with Gasteiger partial charge < -0.3 is 49.2 Å². The molecule has 4 rings (SSSR count). The lowest BCUT2D eigenvalue weighted by Crippen LogP contribution is -2.47. The van der Waals surface area contributed by atoms with Crippen LogP contribution in [0.25, 0.3) is 10.1 Å². The third-order valence-electron chi connectivity index (χ3n) is 8.22. The topological polar surface area (TPSA) is 202 Å². The van der Waals surface area contributed by atoms with Gasteiger partial charge in [0.05, 0.1) is 44.8 Å². The van der Waals surface area contributed by atoms with Gasteiger partial charge in [0.2, 0.25) is 0 Å². The van der Waals surface area contributed by atoms with Crippen LogP contribution in [0.15, 0.2) is 18.2 Å². The normalized spacial score (nSPS) is 15.1. The van der Waals surface area contributed by atoms with E-state index in [0.717, 1.165) is 11.3 Å². The Morgan fingerprint density at radius 3 is 2.23 bits per heavy atom. The smallest absolute Gasteiger partial charge is 0.410 e.